The standard InChI is InChI=1S/C30H27NO6/c1-3-15-18-10-17(14-8-6-5-7-9-14)25(29(36)20(18)12-23(32)27(15)34)26-22(31)11-19-16(4-2)28(35)24(33)13-21(19)30(26)37/h5-13,32-37H,3-4,31H2,1-2H3. The maximum absolute atomic E-state index is 11.7. The Kier molecular flexibility index (Phi) is 5.63. The minimum atomic E-state index is -0.380. The van der Waals surface area contributed by atoms with Gasteiger partial charge in [0.25, 0.3) is 0 Å². The molecule has 7 heteroatoms. The number of rotatable bonds is 4. The second-order valence-electron chi connectivity index (χ2n) is 9.05. The van der Waals surface area contributed by atoms with Crippen molar-refractivity contribution >= 4 is 27.2 Å². The van der Waals surface area contributed by atoms with Gasteiger partial charge in [-0.2, -0.15) is 0 Å². The zero-order chi connectivity index (χ0) is 26.6. The van der Waals surface area contributed by atoms with E-state index in [2.05, 4.69) is 0 Å². The smallest absolute Gasteiger partial charge is 0.161 e. The highest BCUT2D eigenvalue weighted by Gasteiger charge is 2.26. The third kappa shape index (κ3) is 3.50. The van der Waals surface area contributed by atoms with Gasteiger partial charge in [-0.1, -0.05) is 44.2 Å². The summed E-state index contributed by atoms with van der Waals surface area (Å²) in [6, 6.07) is 15.2. The van der Waals surface area contributed by atoms with Crippen LogP contribution >= 0.6 is 0 Å². The molecule has 0 spiro atoms. The van der Waals surface area contributed by atoms with E-state index in [9.17, 15) is 30.6 Å². The van der Waals surface area contributed by atoms with Gasteiger partial charge in [-0.15, -0.1) is 0 Å². The molecule has 0 heterocycles. The maximum Gasteiger partial charge on any atom is 0.161 e. The number of aryl methyl sites for hydroxylation is 2. The van der Waals surface area contributed by atoms with Crippen LogP contribution in [0, 0.1) is 0 Å². The summed E-state index contributed by atoms with van der Waals surface area (Å²) in [5, 5.41) is 66.3. The molecule has 0 aliphatic rings. The van der Waals surface area contributed by atoms with Crippen molar-refractivity contribution in [3.8, 4) is 56.8 Å². The topological polar surface area (TPSA) is 147 Å². The first kappa shape index (κ1) is 23.9. The van der Waals surface area contributed by atoms with E-state index in [4.69, 9.17) is 5.73 Å². The summed E-state index contributed by atoms with van der Waals surface area (Å²) < 4.78 is 0. The van der Waals surface area contributed by atoms with Crippen LogP contribution in [0.1, 0.15) is 25.0 Å². The summed E-state index contributed by atoms with van der Waals surface area (Å²) in [7, 11) is 0. The first-order valence-electron chi connectivity index (χ1n) is 12.0. The lowest BCUT2D eigenvalue weighted by Crippen LogP contribution is -1.98. The average molecular weight is 498 g/mol. The molecular weight excluding hydrogens is 470 g/mol. The molecule has 5 rings (SSSR count). The Morgan fingerprint density at radius 2 is 1.05 bits per heavy atom. The van der Waals surface area contributed by atoms with E-state index < -0.39 is 0 Å². The molecule has 0 saturated heterocycles. The largest absolute Gasteiger partial charge is 0.507 e. The van der Waals surface area contributed by atoms with Crippen LogP contribution in [0.25, 0.3) is 43.8 Å². The number of aromatic hydroxyl groups is 6. The number of fused-ring (bicyclic) bond motifs is 2. The lowest BCUT2D eigenvalue weighted by Gasteiger charge is -2.21. The van der Waals surface area contributed by atoms with E-state index in [1.807, 2.05) is 44.2 Å². The molecule has 0 radical (unpaired) electrons. The van der Waals surface area contributed by atoms with Crippen LogP contribution in [0.4, 0.5) is 5.69 Å². The molecule has 37 heavy (non-hydrogen) atoms. The molecule has 0 atom stereocenters. The highest BCUT2D eigenvalue weighted by Crippen LogP contribution is 2.53. The van der Waals surface area contributed by atoms with Gasteiger partial charge in [0.15, 0.2) is 23.0 Å². The SMILES string of the molecule is CCc1c(O)c(O)cc2c(O)c(-c3c(-c4ccccc4)cc4c(CC)c(O)c(O)cc4c3O)c(N)cc12. The van der Waals surface area contributed by atoms with Crippen molar-refractivity contribution in [3.63, 3.8) is 0 Å². The summed E-state index contributed by atoms with van der Waals surface area (Å²) in [5.41, 5.74) is 9.19. The quantitative estimate of drug-likeness (QED) is 0.114. The number of phenolic OH excluding ortho intramolecular Hbond substituents is 6. The van der Waals surface area contributed by atoms with Crippen LogP contribution in [-0.2, 0) is 12.8 Å². The van der Waals surface area contributed by atoms with Crippen LogP contribution in [0.2, 0.25) is 0 Å². The van der Waals surface area contributed by atoms with Crippen LogP contribution < -0.4 is 5.73 Å². The molecular formula is C30H27NO6. The Hall–Kier alpha value is -4.78. The second kappa shape index (κ2) is 8.71. The number of benzene rings is 5. The Labute approximate surface area is 212 Å². The van der Waals surface area contributed by atoms with Gasteiger partial charge in [0.1, 0.15) is 11.5 Å². The number of hydrogen-bond donors (Lipinski definition) is 7. The number of nitrogens with two attached hydrogens (primary N) is 1. The van der Waals surface area contributed by atoms with Gasteiger partial charge in [0, 0.05) is 33.2 Å². The van der Waals surface area contributed by atoms with E-state index in [1.54, 1.807) is 12.1 Å². The summed E-state index contributed by atoms with van der Waals surface area (Å²) in [5.74, 6) is -1.79. The molecule has 0 unspecified atom stereocenters. The zero-order valence-electron chi connectivity index (χ0n) is 20.4. The normalized spacial score (nSPS) is 11.4. The second-order valence-corrected chi connectivity index (χ2v) is 9.05. The molecule has 0 aliphatic heterocycles. The fourth-order valence-electron chi connectivity index (χ4n) is 5.23. The predicted octanol–water partition coefficient (Wildman–Crippen LogP) is 6.27. The lowest BCUT2D eigenvalue weighted by molar-refractivity contribution is 0.400. The van der Waals surface area contributed by atoms with Gasteiger partial charge >= 0.3 is 0 Å². The summed E-state index contributed by atoms with van der Waals surface area (Å²) in [6.07, 6.45) is 0.781. The first-order valence-corrected chi connectivity index (χ1v) is 12.0. The van der Waals surface area contributed by atoms with E-state index in [1.165, 1.54) is 12.1 Å². The van der Waals surface area contributed by atoms with Crippen LogP contribution in [0.5, 0.6) is 34.5 Å². The lowest BCUT2D eigenvalue weighted by atomic mass is 9.86. The van der Waals surface area contributed by atoms with Crippen molar-refractivity contribution in [1.82, 2.24) is 0 Å². The van der Waals surface area contributed by atoms with Gasteiger partial charge in [0.2, 0.25) is 0 Å². The minimum Gasteiger partial charge on any atom is -0.507 e. The van der Waals surface area contributed by atoms with Gasteiger partial charge < -0.3 is 36.4 Å². The van der Waals surface area contributed by atoms with Crippen molar-refractivity contribution in [2.24, 2.45) is 0 Å². The fourth-order valence-corrected chi connectivity index (χ4v) is 5.23. The van der Waals surface area contributed by atoms with E-state index >= 15 is 0 Å². The van der Waals surface area contributed by atoms with E-state index in [0.717, 1.165) is 5.56 Å². The first-order chi connectivity index (χ1) is 17.7. The van der Waals surface area contributed by atoms with Crippen LogP contribution in [0.15, 0.2) is 54.6 Å². The number of hydrogen-bond acceptors (Lipinski definition) is 7. The van der Waals surface area contributed by atoms with Crippen molar-refractivity contribution in [1.29, 1.82) is 0 Å². The average Bonchev–Trinajstić information content (AvgIpc) is 2.88. The highest BCUT2D eigenvalue weighted by atomic mass is 16.3. The molecule has 5 aromatic carbocycles. The Morgan fingerprint density at radius 1 is 0.568 bits per heavy atom. The van der Waals surface area contributed by atoms with Crippen molar-refractivity contribution in [2.45, 2.75) is 26.7 Å². The van der Waals surface area contributed by atoms with Crippen molar-refractivity contribution in [2.75, 3.05) is 5.73 Å². The Balaban J connectivity index is 1.99. The number of nitrogen functional groups attached to an aromatic ring is 1. The van der Waals surface area contributed by atoms with Crippen LogP contribution in [-0.4, -0.2) is 30.6 Å². The molecule has 0 aliphatic carbocycles. The molecule has 0 aromatic heterocycles. The molecule has 0 fully saturated rings. The minimum absolute atomic E-state index is 0.142. The molecule has 0 bridgehead atoms. The van der Waals surface area contributed by atoms with Gasteiger partial charge in [-0.05, 0) is 59.0 Å². The maximum atomic E-state index is 11.7. The molecule has 0 amide bonds. The monoisotopic (exact) mass is 497 g/mol. The van der Waals surface area contributed by atoms with E-state index in [0.29, 0.717) is 40.3 Å². The van der Waals surface area contributed by atoms with Crippen molar-refractivity contribution in [3.05, 3.63) is 65.7 Å². The Bertz CT molecular complexity index is 1710. The third-order valence-corrected chi connectivity index (χ3v) is 7.02. The third-order valence-electron chi connectivity index (χ3n) is 7.02. The van der Waals surface area contributed by atoms with Gasteiger partial charge in [0.05, 0.1) is 5.56 Å². The highest BCUT2D eigenvalue weighted by molar-refractivity contribution is 6.11. The molecule has 0 saturated carbocycles. The predicted molar refractivity (Wildman–Crippen MR) is 145 cm³/mol. The molecule has 5 aromatic rings. The summed E-state index contributed by atoms with van der Waals surface area (Å²) >= 11 is 0. The molecule has 7 nitrogen and oxygen atoms in total. The molecule has 8 N–H and O–H groups in total. The van der Waals surface area contributed by atoms with E-state index in [-0.39, 0.29) is 62.1 Å². The number of phenols is 6. The fraction of sp³-hybridized carbons (Fsp3) is 0.133. The van der Waals surface area contributed by atoms with Crippen LogP contribution in [0.3, 0.4) is 0 Å². The summed E-state index contributed by atoms with van der Waals surface area (Å²) in [4.78, 5) is 0. The van der Waals surface area contributed by atoms with Gasteiger partial charge in [-0.25, -0.2) is 0 Å². The molecule has 188 valence electrons. The van der Waals surface area contributed by atoms with Crippen molar-refractivity contribution < 1.29 is 30.6 Å². The summed E-state index contributed by atoms with van der Waals surface area (Å²) in [6.45, 7) is 3.65. The van der Waals surface area contributed by atoms with Gasteiger partial charge in [-0.3, -0.25) is 0 Å². The Morgan fingerprint density at radius 3 is 1.57 bits per heavy atom. The number of anilines is 1. The zero-order valence-corrected chi connectivity index (χ0v) is 20.4.